The number of carbonyl (C=O) groups excluding carboxylic acids is 1. The van der Waals surface area contributed by atoms with E-state index < -0.39 is 0 Å². The minimum atomic E-state index is 0.113. The average molecular weight is 395 g/mol. The summed E-state index contributed by atoms with van der Waals surface area (Å²) in [5.74, 6) is 0.707. The van der Waals surface area contributed by atoms with Crippen LogP contribution in [0.4, 0.5) is 0 Å². The number of carbonyl (C=O) groups is 1. The molecule has 132 valence electrons. The molecule has 2 atom stereocenters. The molecule has 0 radical (unpaired) electrons. The Bertz CT molecular complexity index is 770. The summed E-state index contributed by atoms with van der Waals surface area (Å²) in [5, 5.41) is 0.780. The predicted octanol–water partition coefficient (Wildman–Crippen LogP) is 4.50. The van der Waals surface area contributed by atoms with Crippen molar-refractivity contribution in [2.75, 3.05) is 26.2 Å². The van der Waals surface area contributed by atoms with Crippen molar-refractivity contribution in [3.8, 4) is 0 Å². The Hall–Kier alpha value is -1.07. The predicted molar refractivity (Wildman–Crippen MR) is 103 cm³/mol. The average Bonchev–Trinajstić information content (AvgIpc) is 3.31. The van der Waals surface area contributed by atoms with Crippen LogP contribution >= 0.6 is 34.5 Å². The maximum absolute atomic E-state index is 12.8. The fourth-order valence-electron chi connectivity index (χ4n) is 3.61. The number of nitrogens with zero attached hydrogens (tertiary/aromatic N) is 2. The fraction of sp³-hybridized carbons (Fsp3) is 0.421. The Balaban J connectivity index is 1.30. The van der Waals surface area contributed by atoms with Gasteiger partial charge in [0.2, 0.25) is 5.91 Å². The van der Waals surface area contributed by atoms with Crippen molar-refractivity contribution in [1.29, 1.82) is 0 Å². The van der Waals surface area contributed by atoms with E-state index >= 15 is 0 Å². The molecule has 2 aromatic rings. The smallest absolute Gasteiger partial charge is 0.226 e. The van der Waals surface area contributed by atoms with Crippen molar-refractivity contribution >= 4 is 40.4 Å². The maximum Gasteiger partial charge on any atom is 0.226 e. The molecule has 1 aliphatic heterocycles. The highest BCUT2D eigenvalue weighted by Crippen LogP contribution is 2.50. The molecule has 1 aliphatic carbocycles. The highest BCUT2D eigenvalue weighted by atomic mass is 35.5. The third kappa shape index (κ3) is 3.87. The number of rotatable bonds is 4. The number of hydrogen-bond donors (Lipinski definition) is 0. The van der Waals surface area contributed by atoms with E-state index in [0.717, 1.165) is 54.1 Å². The van der Waals surface area contributed by atoms with Gasteiger partial charge in [0.15, 0.2) is 0 Å². The van der Waals surface area contributed by atoms with Crippen molar-refractivity contribution < 1.29 is 4.79 Å². The Morgan fingerprint density at radius 2 is 1.84 bits per heavy atom. The van der Waals surface area contributed by atoms with Gasteiger partial charge in [0.05, 0.1) is 4.34 Å². The van der Waals surface area contributed by atoms with E-state index in [1.165, 1.54) is 4.88 Å². The van der Waals surface area contributed by atoms with E-state index in [-0.39, 0.29) is 5.92 Å². The largest absolute Gasteiger partial charge is 0.340 e. The molecule has 1 saturated carbocycles. The molecular weight excluding hydrogens is 375 g/mol. The van der Waals surface area contributed by atoms with Gasteiger partial charge in [-0.05, 0) is 36.1 Å². The molecule has 0 spiro atoms. The van der Waals surface area contributed by atoms with Crippen LogP contribution in [0.15, 0.2) is 36.4 Å². The summed E-state index contributed by atoms with van der Waals surface area (Å²) in [5.41, 5.74) is 1.12. The molecule has 1 amide bonds. The van der Waals surface area contributed by atoms with Gasteiger partial charge in [-0.15, -0.1) is 11.3 Å². The van der Waals surface area contributed by atoms with E-state index in [9.17, 15) is 4.79 Å². The van der Waals surface area contributed by atoms with Crippen LogP contribution in [0.25, 0.3) is 0 Å². The molecule has 1 saturated heterocycles. The van der Waals surface area contributed by atoms with E-state index in [2.05, 4.69) is 11.0 Å². The first-order chi connectivity index (χ1) is 12.1. The molecule has 1 aromatic carbocycles. The van der Waals surface area contributed by atoms with Crippen LogP contribution in [-0.2, 0) is 11.3 Å². The molecule has 0 N–H and O–H groups in total. The Morgan fingerprint density at radius 1 is 1.08 bits per heavy atom. The summed E-state index contributed by atoms with van der Waals surface area (Å²) in [4.78, 5) is 18.5. The van der Waals surface area contributed by atoms with Gasteiger partial charge in [-0.25, -0.2) is 0 Å². The Kier molecular flexibility index (Phi) is 5.05. The monoisotopic (exact) mass is 394 g/mol. The number of amides is 1. The molecule has 25 heavy (non-hydrogen) atoms. The first-order valence-electron chi connectivity index (χ1n) is 8.61. The normalized spacial score (nSPS) is 23.7. The molecule has 3 nitrogen and oxygen atoms in total. The minimum absolute atomic E-state index is 0.113. The topological polar surface area (TPSA) is 23.6 Å². The van der Waals surface area contributed by atoms with Crippen LogP contribution in [0.3, 0.4) is 0 Å². The van der Waals surface area contributed by atoms with Crippen molar-refractivity contribution in [2.24, 2.45) is 5.92 Å². The van der Waals surface area contributed by atoms with Crippen molar-refractivity contribution in [3.63, 3.8) is 0 Å². The summed E-state index contributed by atoms with van der Waals surface area (Å²) in [7, 11) is 0. The van der Waals surface area contributed by atoms with Crippen LogP contribution in [0, 0.1) is 5.92 Å². The summed E-state index contributed by atoms with van der Waals surface area (Å²) in [6.07, 6.45) is 0.927. The van der Waals surface area contributed by atoms with Crippen LogP contribution in [0.2, 0.25) is 9.36 Å². The quantitative estimate of drug-likeness (QED) is 0.761. The number of halogens is 2. The molecule has 2 heterocycles. The van der Waals surface area contributed by atoms with Crippen LogP contribution < -0.4 is 0 Å². The lowest BCUT2D eigenvalue weighted by molar-refractivity contribution is -0.134. The highest BCUT2D eigenvalue weighted by Gasteiger charge is 2.46. The van der Waals surface area contributed by atoms with Crippen molar-refractivity contribution in [2.45, 2.75) is 18.9 Å². The molecular formula is C19H20Cl2N2OS. The van der Waals surface area contributed by atoms with Gasteiger partial charge >= 0.3 is 0 Å². The van der Waals surface area contributed by atoms with E-state index in [4.69, 9.17) is 23.2 Å². The number of benzene rings is 1. The fourth-order valence-corrected chi connectivity index (χ4v) is 5.01. The van der Waals surface area contributed by atoms with Crippen molar-refractivity contribution in [3.05, 3.63) is 56.2 Å². The van der Waals surface area contributed by atoms with Gasteiger partial charge in [-0.2, -0.15) is 0 Å². The molecule has 4 rings (SSSR count). The molecule has 2 unspecified atom stereocenters. The Labute approximate surface area is 162 Å². The zero-order chi connectivity index (χ0) is 17.4. The van der Waals surface area contributed by atoms with Crippen molar-refractivity contribution in [1.82, 2.24) is 9.80 Å². The standard InChI is InChI=1S/C19H20Cl2N2OS/c20-17-4-2-1-3-14(17)15-11-16(15)19(24)23-9-7-22(8-10-23)12-13-5-6-18(21)25-13/h1-6,15-16H,7-12H2. The van der Waals surface area contributed by atoms with Crippen LogP contribution in [0.5, 0.6) is 0 Å². The summed E-state index contributed by atoms with van der Waals surface area (Å²) in [6.45, 7) is 4.38. The minimum Gasteiger partial charge on any atom is -0.340 e. The molecule has 6 heteroatoms. The van der Waals surface area contributed by atoms with E-state index in [0.29, 0.717) is 11.8 Å². The number of hydrogen-bond acceptors (Lipinski definition) is 3. The zero-order valence-corrected chi connectivity index (χ0v) is 16.2. The van der Waals surface area contributed by atoms with Gasteiger partial charge in [-0.1, -0.05) is 41.4 Å². The zero-order valence-electron chi connectivity index (χ0n) is 13.8. The Morgan fingerprint density at radius 3 is 2.52 bits per heavy atom. The third-order valence-corrected chi connectivity index (χ3v) is 6.66. The summed E-state index contributed by atoms with van der Waals surface area (Å²) >= 11 is 13.9. The number of piperazine rings is 1. The second kappa shape index (κ2) is 7.28. The lowest BCUT2D eigenvalue weighted by atomic mass is 10.1. The third-order valence-electron chi connectivity index (χ3n) is 5.10. The number of thiophene rings is 1. The van der Waals surface area contributed by atoms with E-state index in [1.807, 2.05) is 35.2 Å². The van der Waals surface area contributed by atoms with Gasteiger partial charge in [0.1, 0.15) is 0 Å². The van der Waals surface area contributed by atoms with Gasteiger partial charge in [0, 0.05) is 48.5 Å². The maximum atomic E-state index is 12.8. The van der Waals surface area contributed by atoms with E-state index in [1.54, 1.807) is 11.3 Å². The van der Waals surface area contributed by atoms with Crippen LogP contribution in [-0.4, -0.2) is 41.9 Å². The first kappa shape index (κ1) is 17.3. The second-order valence-electron chi connectivity index (χ2n) is 6.78. The molecule has 0 bridgehead atoms. The summed E-state index contributed by atoms with van der Waals surface area (Å²) in [6, 6.07) is 11.9. The lowest BCUT2D eigenvalue weighted by Crippen LogP contribution is -2.48. The first-order valence-corrected chi connectivity index (χ1v) is 10.2. The van der Waals surface area contributed by atoms with Gasteiger partial charge in [0.25, 0.3) is 0 Å². The molecule has 1 aromatic heterocycles. The highest BCUT2D eigenvalue weighted by molar-refractivity contribution is 7.16. The van der Waals surface area contributed by atoms with Crippen LogP contribution in [0.1, 0.15) is 22.8 Å². The van der Waals surface area contributed by atoms with Gasteiger partial charge < -0.3 is 4.90 Å². The second-order valence-corrected chi connectivity index (χ2v) is 8.98. The molecule has 2 fully saturated rings. The van der Waals surface area contributed by atoms with Gasteiger partial charge in [-0.3, -0.25) is 9.69 Å². The SMILES string of the molecule is O=C(C1CC1c1ccccc1Cl)N1CCN(Cc2ccc(Cl)s2)CC1. The lowest BCUT2D eigenvalue weighted by Gasteiger charge is -2.34. The molecule has 2 aliphatic rings. The summed E-state index contributed by atoms with van der Waals surface area (Å²) < 4.78 is 0.836.